The molecule has 7 nitrogen and oxygen atoms in total. The van der Waals surface area contributed by atoms with Crippen LogP contribution >= 0.6 is 11.6 Å². The van der Waals surface area contributed by atoms with E-state index in [0.29, 0.717) is 30.5 Å². The van der Waals surface area contributed by atoms with Crippen LogP contribution < -0.4 is 20.9 Å². The largest absolute Gasteiger partial charge is 0.378 e. The summed E-state index contributed by atoms with van der Waals surface area (Å²) in [7, 11) is 0. The molecule has 4 aliphatic carbocycles. The molecule has 1 aliphatic heterocycles. The van der Waals surface area contributed by atoms with Crippen LogP contribution in [0.3, 0.4) is 0 Å². The molecule has 5 aliphatic rings. The summed E-state index contributed by atoms with van der Waals surface area (Å²) in [6.07, 6.45) is 7.60. The number of carbonyl (C=O) groups is 2. The maximum Gasteiger partial charge on any atom is 0.315 e. The highest BCUT2D eigenvalue weighted by Gasteiger charge is 2.51. The molecule has 4 bridgehead atoms. The Bertz CT molecular complexity index is 836. The van der Waals surface area contributed by atoms with E-state index >= 15 is 0 Å². The molecule has 174 valence electrons. The Labute approximate surface area is 194 Å². The van der Waals surface area contributed by atoms with Gasteiger partial charge in [-0.25, -0.2) is 4.79 Å². The minimum absolute atomic E-state index is 0.0189. The molecule has 1 saturated heterocycles. The number of hydrogen-bond acceptors (Lipinski definition) is 4. The standard InChI is InChI=1S/C24H33ClN4O3/c25-19-2-1-3-20(22(19)29-6-8-32-9-7-29)27-21(30)4-5-26-23(31)28-24-13-16-10-17(14-24)12-18(11-16)15-24/h1-3,16-18H,4-15H2,(H,27,30)(H2,26,28,31). The molecule has 8 heteroatoms. The highest BCUT2D eigenvalue weighted by atomic mass is 35.5. The second kappa shape index (κ2) is 9.10. The van der Waals surface area contributed by atoms with Gasteiger partial charge in [0, 0.05) is 31.6 Å². The number of morpholine rings is 1. The van der Waals surface area contributed by atoms with E-state index in [1.54, 1.807) is 0 Å². The normalized spacial score (nSPS) is 30.8. The number of anilines is 2. The number of halogens is 1. The third-order valence-electron chi connectivity index (χ3n) is 7.64. The molecular formula is C24H33ClN4O3. The van der Waals surface area contributed by atoms with Crippen molar-refractivity contribution in [2.75, 3.05) is 43.1 Å². The highest BCUT2D eigenvalue weighted by Crippen LogP contribution is 2.55. The molecular weight excluding hydrogens is 428 g/mol. The van der Waals surface area contributed by atoms with Crippen LogP contribution in [-0.2, 0) is 9.53 Å². The highest BCUT2D eigenvalue weighted by molar-refractivity contribution is 6.34. The van der Waals surface area contributed by atoms with Crippen LogP contribution in [0.1, 0.15) is 44.9 Å². The molecule has 3 amide bonds. The average Bonchev–Trinajstić information content (AvgIpc) is 2.73. The maximum absolute atomic E-state index is 12.6. The number of hydrogen-bond donors (Lipinski definition) is 3. The predicted molar refractivity (Wildman–Crippen MR) is 125 cm³/mol. The summed E-state index contributed by atoms with van der Waals surface area (Å²) in [4.78, 5) is 27.3. The third kappa shape index (κ3) is 4.69. The number of carbonyl (C=O) groups excluding carboxylic acids is 2. The maximum atomic E-state index is 12.6. The Hall–Kier alpha value is -1.99. The second-order valence-corrected chi connectivity index (χ2v) is 10.5. The zero-order valence-electron chi connectivity index (χ0n) is 18.5. The van der Waals surface area contributed by atoms with Crippen molar-refractivity contribution in [3.8, 4) is 0 Å². The van der Waals surface area contributed by atoms with E-state index in [2.05, 4.69) is 20.9 Å². The Morgan fingerprint density at radius 1 is 1.06 bits per heavy atom. The number of ether oxygens (including phenoxy) is 1. The summed E-state index contributed by atoms with van der Waals surface area (Å²) in [6, 6.07) is 5.38. The smallest absolute Gasteiger partial charge is 0.315 e. The molecule has 5 fully saturated rings. The van der Waals surface area contributed by atoms with Crippen molar-refractivity contribution < 1.29 is 14.3 Å². The van der Waals surface area contributed by atoms with Crippen molar-refractivity contribution >= 4 is 34.9 Å². The fraction of sp³-hybridized carbons (Fsp3) is 0.667. The lowest BCUT2D eigenvalue weighted by Gasteiger charge is -2.56. The van der Waals surface area contributed by atoms with Crippen molar-refractivity contribution in [2.45, 2.75) is 50.5 Å². The monoisotopic (exact) mass is 460 g/mol. The molecule has 32 heavy (non-hydrogen) atoms. The third-order valence-corrected chi connectivity index (χ3v) is 7.95. The molecule has 0 atom stereocenters. The number of nitrogens with zero attached hydrogens (tertiary/aromatic N) is 1. The lowest BCUT2D eigenvalue weighted by Crippen LogP contribution is -2.61. The number of rotatable bonds is 6. The van der Waals surface area contributed by atoms with Crippen LogP contribution in [0.25, 0.3) is 0 Å². The van der Waals surface area contributed by atoms with E-state index < -0.39 is 0 Å². The van der Waals surface area contributed by atoms with E-state index in [9.17, 15) is 9.59 Å². The molecule has 4 saturated carbocycles. The van der Waals surface area contributed by atoms with Gasteiger partial charge in [-0.05, 0) is 68.4 Å². The number of benzene rings is 1. The molecule has 0 unspecified atom stereocenters. The van der Waals surface area contributed by atoms with Gasteiger partial charge in [0.2, 0.25) is 5.91 Å². The number of nitrogens with one attached hydrogen (secondary N) is 3. The van der Waals surface area contributed by atoms with Gasteiger partial charge in [0.15, 0.2) is 0 Å². The summed E-state index contributed by atoms with van der Waals surface area (Å²) in [5.41, 5.74) is 1.51. The first kappa shape index (κ1) is 21.8. The molecule has 1 aromatic rings. The van der Waals surface area contributed by atoms with Gasteiger partial charge in [0.1, 0.15) is 0 Å². The number of amides is 3. The minimum atomic E-state index is -0.142. The number of urea groups is 1. The minimum Gasteiger partial charge on any atom is -0.378 e. The molecule has 6 rings (SSSR count). The summed E-state index contributed by atoms with van der Waals surface area (Å²) in [5, 5.41) is 9.77. The first-order valence-corrected chi connectivity index (χ1v) is 12.3. The summed E-state index contributed by atoms with van der Waals surface area (Å²) in [5.74, 6) is 2.21. The van der Waals surface area contributed by atoms with Crippen molar-refractivity contribution in [3.63, 3.8) is 0 Å². The zero-order chi connectivity index (χ0) is 22.1. The fourth-order valence-electron chi connectivity index (χ4n) is 6.78. The molecule has 0 spiro atoms. The van der Waals surface area contributed by atoms with Crippen LogP contribution in [0.4, 0.5) is 16.2 Å². The fourth-order valence-corrected chi connectivity index (χ4v) is 7.07. The Morgan fingerprint density at radius 2 is 1.72 bits per heavy atom. The van der Waals surface area contributed by atoms with Gasteiger partial charge in [-0.1, -0.05) is 17.7 Å². The molecule has 1 heterocycles. The van der Waals surface area contributed by atoms with Gasteiger partial charge >= 0.3 is 6.03 Å². The summed E-state index contributed by atoms with van der Waals surface area (Å²) < 4.78 is 5.43. The topological polar surface area (TPSA) is 82.7 Å². The SMILES string of the molecule is O=C(CCNC(=O)NC12CC3CC(CC(C3)C1)C2)Nc1cccc(Cl)c1N1CCOCC1. The van der Waals surface area contributed by atoms with Crippen molar-refractivity contribution in [3.05, 3.63) is 23.2 Å². The first-order chi connectivity index (χ1) is 15.5. The number of para-hydroxylation sites is 1. The van der Waals surface area contributed by atoms with Crippen LogP contribution in [0.5, 0.6) is 0 Å². The molecule has 0 aromatic heterocycles. The zero-order valence-corrected chi connectivity index (χ0v) is 19.3. The van der Waals surface area contributed by atoms with Gasteiger partial charge < -0.3 is 25.6 Å². The Balaban J connectivity index is 1.11. The van der Waals surface area contributed by atoms with E-state index in [1.165, 1.54) is 19.3 Å². The van der Waals surface area contributed by atoms with Gasteiger partial charge in [-0.15, -0.1) is 0 Å². The van der Waals surface area contributed by atoms with Crippen molar-refractivity contribution in [1.29, 1.82) is 0 Å². The lowest BCUT2D eigenvalue weighted by molar-refractivity contribution is -0.116. The first-order valence-electron chi connectivity index (χ1n) is 12.0. The van der Waals surface area contributed by atoms with Crippen LogP contribution in [-0.4, -0.2) is 50.3 Å². The van der Waals surface area contributed by atoms with Crippen LogP contribution in [0.15, 0.2) is 18.2 Å². The van der Waals surface area contributed by atoms with Crippen molar-refractivity contribution in [1.82, 2.24) is 10.6 Å². The quantitative estimate of drug-likeness (QED) is 0.603. The second-order valence-electron chi connectivity index (χ2n) is 10.1. The summed E-state index contributed by atoms with van der Waals surface area (Å²) >= 11 is 6.44. The predicted octanol–water partition coefficient (Wildman–Crippen LogP) is 3.77. The van der Waals surface area contributed by atoms with Gasteiger partial charge in [0.05, 0.1) is 29.6 Å². The summed E-state index contributed by atoms with van der Waals surface area (Å²) in [6.45, 7) is 3.05. The van der Waals surface area contributed by atoms with E-state index in [4.69, 9.17) is 16.3 Å². The Kier molecular flexibility index (Phi) is 6.21. The van der Waals surface area contributed by atoms with E-state index in [0.717, 1.165) is 55.8 Å². The van der Waals surface area contributed by atoms with E-state index in [-0.39, 0.29) is 23.9 Å². The molecule has 0 radical (unpaired) electrons. The molecule has 3 N–H and O–H groups in total. The van der Waals surface area contributed by atoms with Gasteiger partial charge in [0.25, 0.3) is 0 Å². The van der Waals surface area contributed by atoms with Gasteiger partial charge in [-0.2, -0.15) is 0 Å². The van der Waals surface area contributed by atoms with Crippen LogP contribution in [0, 0.1) is 17.8 Å². The van der Waals surface area contributed by atoms with Gasteiger partial charge in [-0.3, -0.25) is 4.79 Å². The Morgan fingerprint density at radius 3 is 2.38 bits per heavy atom. The lowest BCUT2D eigenvalue weighted by atomic mass is 9.53. The van der Waals surface area contributed by atoms with Crippen LogP contribution in [0.2, 0.25) is 5.02 Å². The molecule has 1 aromatic carbocycles. The average molecular weight is 461 g/mol. The van der Waals surface area contributed by atoms with Crippen molar-refractivity contribution in [2.24, 2.45) is 17.8 Å². The van der Waals surface area contributed by atoms with E-state index in [1.807, 2.05) is 18.2 Å².